The van der Waals surface area contributed by atoms with Gasteiger partial charge in [-0.1, -0.05) is 65.9 Å². The first-order valence-electron chi connectivity index (χ1n) is 13.2. The highest BCUT2D eigenvalue weighted by Gasteiger charge is 2.20. The summed E-state index contributed by atoms with van der Waals surface area (Å²) in [6, 6.07) is 51.5. The van der Waals surface area contributed by atoms with Crippen LogP contribution < -0.4 is 51.9 Å². The second-order valence-electron chi connectivity index (χ2n) is 8.63. The van der Waals surface area contributed by atoms with Crippen LogP contribution in [-0.4, -0.2) is 7.25 Å². The van der Waals surface area contributed by atoms with Crippen molar-refractivity contribution in [2.45, 2.75) is 0 Å². The lowest BCUT2D eigenvalue weighted by Gasteiger charge is -2.04. The van der Waals surface area contributed by atoms with E-state index >= 15 is 0 Å². The van der Waals surface area contributed by atoms with Crippen molar-refractivity contribution in [3.63, 3.8) is 0 Å². The maximum absolute atomic E-state index is 9.75. The summed E-state index contributed by atoms with van der Waals surface area (Å²) in [6.45, 7) is 0. The fraction of sp³-hybridized carbons (Fsp3) is 0. The minimum absolute atomic E-state index is 0.0848. The predicted octanol–water partition coefficient (Wildman–Crippen LogP) is 4.58. The van der Waals surface area contributed by atoms with Gasteiger partial charge in [-0.25, -0.2) is 0 Å². The molecule has 1 aromatic heterocycles. The Bertz CT molecular complexity index is 1530. The molecule has 10 heteroatoms. The van der Waals surface area contributed by atoms with E-state index in [9.17, 15) is 17.3 Å². The zero-order valence-corrected chi connectivity index (χ0v) is 28.2. The van der Waals surface area contributed by atoms with E-state index < -0.39 is 7.25 Å². The summed E-state index contributed by atoms with van der Waals surface area (Å²) in [6.07, 6.45) is 0. The topological polar surface area (TPSA) is 18.5 Å². The average Bonchev–Trinajstić information content (AvgIpc) is 3.53. The molecule has 44 heavy (non-hydrogen) atoms. The van der Waals surface area contributed by atoms with E-state index in [1.165, 1.54) is 10.7 Å². The average molecular weight is 839 g/mol. The zero-order chi connectivity index (χ0) is 31.0. The Morgan fingerprint density at radius 1 is 0.409 bits per heavy atom. The number of hydrogen-bond acceptors (Lipinski definition) is 3. The molecule has 6 rings (SSSR count). The minimum atomic E-state index is -6.00. The first kappa shape index (κ1) is 33.5. The Labute approximate surface area is 279 Å². The van der Waals surface area contributed by atoms with E-state index in [0.717, 1.165) is 23.0 Å². The van der Waals surface area contributed by atoms with Gasteiger partial charge in [0.25, 0.3) is 0 Å². The molecule has 0 bridgehead atoms. The lowest BCUT2D eigenvalue weighted by atomic mass is 10.3. The number of thiophene rings is 1. The smallest absolute Gasteiger partial charge is 0.457 e. The van der Waals surface area contributed by atoms with E-state index in [-0.39, 0.29) is 42.4 Å². The molecule has 1 heterocycles. The Morgan fingerprint density at radius 2 is 0.773 bits per heavy atom. The molecule has 0 radical (unpaired) electrons. The van der Waals surface area contributed by atoms with Crippen molar-refractivity contribution in [3.05, 3.63) is 171 Å². The number of rotatable bonds is 8. The summed E-state index contributed by atoms with van der Waals surface area (Å²) in [5.74, 6) is 3.43. The molecule has 0 unspecified atom stereocenters. The SMILES string of the molecule is F[B-](F)(F)F.c1ccc(Oc2ccc([I+]c3ccc(Oc4ccccc4)cc3)cc2)cc1.c1ccc([I+]c2cccs2)cc1. The third-order valence-corrected chi connectivity index (χ3v) is 12.1. The molecule has 5 aromatic carbocycles. The van der Waals surface area contributed by atoms with Crippen molar-refractivity contribution in [3.8, 4) is 23.0 Å². The van der Waals surface area contributed by atoms with Gasteiger partial charge in [-0.2, -0.15) is 0 Å². The van der Waals surface area contributed by atoms with E-state index in [1.54, 1.807) is 2.88 Å². The lowest BCUT2D eigenvalue weighted by molar-refractivity contribution is -0.597. The zero-order valence-electron chi connectivity index (χ0n) is 23.1. The molecule has 0 saturated carbocycles. The summed E-state index contributed by atoms with van der Waals surface area (Å²) in [5.41, 5.74) is 0. The van der Waals surface area contributed by atoms with Crippen LogP contribution in [0.25, 0.3) is 0 Å². The predicted molar refractivity (Wildman–Crippen MR) is 162 cm³/mol. The van der Waals surface area contributed by atoms with Crippen molar-refractivity contribution in [1.82, 2.24) is 0 Å². The number of ether oxygens (including phenoxy) is 2. The molecule has 0 aliphatic carbocycles. The van der Waals surface area contributed by atoms with Crippen LogP contribution in [-0.2, 0) is 0 Å². The summed E-state index contributed by atoms with van der Waals surface area (Å²) in [4.78, 5) is 0. The van der Waals surface area contributed by atoms with Crippen LogP contribution in [0.2, 0.25) is 0 Å². The van der Waals surface area contributed by atoms with Crippen LogP contribution in [0.3, 0.4) is 0 Å². The highest BCUT2D eigenvalue weighted by Crippen LogP contribution is 2.21. The molecular weight excluding hydrogens is 813 g/mol. The quantitative estimate of drug-likeness (QED) is 0.127. The van der Waals surface area contributed by atoms with Gasteiger partial charge in [0.15, 0.2) is 10.7 Å². The number of para-hydroxylation sites is 2. The fourth-order valence-electron chi connectivity index (χ4n) is 3.40. The standard InChI is InChI=1S/C24H18IO2.C10H8IS.BF4/c1-3-7-21(8-4-1)26-23-15-11-19(12-16-23)25-20-13-17-24(18-14-20)27-22-9-5-2-6-10-22;1-2-5-9(6-3-1)11-10-7-4-8-12-10;2-1(3,4)5/h1-18H;1-8H;/q2*+1;-1. The molecule has 0 N–H and O–H groups in total. The summed E-state index contributed by atoms with van der Waals surface area (Å²) < 4.78 is 56.4. The van der Waals surface area contributed by atoms with E-state index in [0.29, 0.717) is 0 Å². The molecule has 0 amide bonds. The van der Waals surface area contributed by atoms with E-state index in [4.69, 9.17) is 9.47 Å². The summed E-state index contributed by atoms with van der Waals surface area (Å²) >= 11 is 1.72. The molecule has 0 aliphatic rings. The molecule has 0 spiro atoms. The Hall–Kier alpha value is -3.36. The van der Waals surface area contributed by atoms with Gasteiger partial charge in [-0.15, -0.1) is 0 Å². The van der Waals surface area contributed by atoms with Crippen molar-refractivity contribution in [2.24, 2.45) is 0 Å². The molecule has 0 atom stereocenters. The van der Waals surface area contributed by atoms with Gasteiger partial charge < -0.3 is 26.7 Å². The summed E-state index contributed by atoms with van der Waals surface area (Å²) in [7, 11) is -6.00. The van der Waals surface area contributed by atoms with Gasteiger partial charge in [0.1, 0.15) is 23.0 Å². The Kier molecular flexibility index (Phi) is 13.6. The van der Waals surface area contributed by atoms with Gasteiger partial charge in [0.2, 0.25) is 2.88 Å². The maximum atomic E-state index is 9.75. The van der Waals surface area contributed by atoms with Crippen LogP contribution in [0.4, 0.5) is 17.3 Å². The van der Waals surface area contributed by atoms with Crippen molar-refractivity contribution >= 4 is 18.6 Å². The molecule has 0 fully saturated rings. The largest absolute Gasteiger partial charge is 0.673 e. The van der Waals surface area contributed by atoms with Gasteiger partial charge in [0, 0.05) is 6.07 Å². The first-order chi connectivity index (χ1) is 21.3. The Balaban J connectivity index is 0.000000214. The second kappa shape index (κ2) is 17.8. The van der Waals surface area contributed by atoms with Gasteiger partial charge in [-0.05, 0) is 96.4 Å². The lowest BCUT2D eigenvalue weighted by Crippen LogP contribution is -3.61. The van der Waals surface area contributed by atoms with Crippen LogP contribution in [0.5, 0.6) is 23.0 Å². The van der Waals surface area contributed by atoms with Crippen molar-refractivity contribution in [2.75, 3.05) is 0 Å². The van der Waals surface area contributed by atoms with E-state index in [2.05, 4.69) is 72.1 Å². The van der Waals surface area contributed by atoms with Crippen LogP contribution >= 0.6 is 11.3 Å². The third-order valence-electron chi connectivity index (χ3n) is 5.23. The molecule has 0 aliphatic heterocycles. The molecule has 6 aromatic rings. The van der Waals surface area contributed by atoms with Crippen molar-refractivity contribution < 1.29 is 69.1 Å². The minimum Gasteiger partial charge on any atom is -0.457 e. The third kappa shape index (κ3) is 13.5. The number of hydrogen-bond donors (Lipinski definition) is 0. The number of halogens is 6. The molecule has 2 nitrogen and oxygen atoms in total. The van der Waals surface area contributed by atoms with Crippen LogP contribution in [0.15, 0.2) is 157 Å². The van der Waals surface area contributed by atoms with Crippen molar-refractivity contribution in [1.29, 1.82) is 0 Å². The monoisotopic (exact) mass is 839 g/mol. The normalized spacial score (nSPS) is 10.5. The van der Waals surface area contributed by atoms with Gasteiger partial charge >= 0.3 is 49.7 Å². The highest BCUT2D eigenvalue weighted by atomic mass is 127. The van der Waals surface area contributed by atoms with Crippen LogP contribution in [0.1, 0.15) is 0 Å². The second-order valence-corrected chi connectivity index (χ2v) is 16.3. The van der Waals surface area contributed by atoms with Crippen LogP contribution in [0, 0.1) is 13.6 Å². The van der Waals surface area contributed by atoms with Gasteiger partial charge in [-0.3, -0.25) is 0 Å². The first-order valence-corrected chi connectivity index (χ1v) is 18.4. The molecule has 0 saturated heterocycles. The highest BCUT2D eigenvalue weighted by molar-refractivity contribution is 7.07. The summed E-state index contributed by atoms with van der Waals surface area (Å²) in [5, 5.41) is 2.15. The fourth-order valence-corrected chi connectivity index (χ4v) is 9.25. The Morgan fingerprint density at radius 3 is 1.16 bits per heavy atom. The number of benzene rings is 5. The molecule has 224 valence electrons. The van der Waals surface area contributed by atoms with Gasteiger partial charge in [0.05, 0.1) is 0 Å². The molecular formula is C34H26BF4I2O2S+. The maximum Gasteiger partial charge on any atom is 0.673 e. The van der Waals surface area contributed by atoms with E-state index in [1.807, 2.05) is 96.3 Å².